The first-order chi connectivity index (χ1) is 9.17. The van der Waals surface area contributed by atoms with E-state index in [4.69, 9.17) is 5.73 Å². The molecule has 1 aliphatic rings. The standard InChI is InChI=1S/C16H25FN2/c1-2-3-5-14-9-16(18)12-19(11-14)10-13-6-4-7-15(17)8-13/h4,6-8,14,16H,2-3,5,9-12,18H2,1H3. The van der Waals surface area contributed by atoms with Crippen molar-refractivity contribution in [3.8, 4) is 0 Å². The van der Waals surface area contributed by atoms with Crippen LogP contribution in [0.15, 0.2) is 24.3 Å². The quantitative estimate of drug-likeness (QED) is 0.885. The first-order valence-electron chi connectivity index (χ1n) is 7.39. The number of nitrogens with zero attached hydrogens (tertiary/aromatic N) is 1. The Morgan fingerprint density at radius 2 is 2.21 bits per heavy atom. The maximum absolute atomic E-state index is 13.2. The van der Waals surface area contributed by atoms with E-state index in [2.05, 4.69) is 11.8 Å². The number of rotatable bonds is 5. The van der Waals surface area contributed by atoms with Crippen molar-refractivity contribution in [2.75, 3.05) is 13.1 Å². The van der Waals surface area contributed by atoms with E-state index in [1.807, 2.05) is 6.07 Å². The predicted octanol–water partition coefficient (Wildman–Crippen LogP) is 3.17. The monoisotopic (exact) mass is 264 g/mol. The smallest absolute Gasteiger partial charge is 0.123 e. The maximum atomic E-state index is 13.2. The number of halogens is 1. The lowest BCUT2D eigenvalue weighted by Crippen LogP contribution is -2.46. The summed E-state index contributed by atoms with van der Waals surface area (Å²) < 4.78 is 13.2. The minimum absolute atomic E-state index is 0.152. The van der Waals surface area contributed by atoms with Crippen LogP contribution in [0.25, 0.3) is 0 Å². The van der Waals surface area contributed by atoms with E-state index in [0.717, 1.165) is 31.6 Å². The molecule has 1 saturated heterocycles. The summed E-state index contributed by atoms with van der Waals surface area (Å²) in [5.74, 6) is 0.554. The highest BCUT2D eigenvalue weighted by molar-refractivity contribution is 5.16. The van der Waals surface area contributed by atoms with Crippen molar-refractivity contribution >= 4 is 0 Å². The molecule has 0 radical (unpaired) electrons. The molecule has 0 aromatic heterocycles. The molecule has 1 heterocycles. The van der Waals surface area contributed by atoms with Gasteiger partial charge in [-0.1, -0.05) is 31.9 Å². The topological polar surface area (TPSA) is 29.3 Å². The molecule has 1 aliphatic heterocycles. The number of hydrogen-bond acceptors (Lipinski definition) is 2. The van der Waals surface area contributed by atoms with Gasteiger partial charge >= 0.3 is 0 Å². The lowest BCUT2D eigenvalue weighted by Gasteiger charge is -2.36. The molecule has 2 atom stereocenters. The summed E-state index contributed by atoms with van der Waals surface area (Å²) in [7, 11) is 0. The normalized spacial score (nSPS) is 24.6. The Hall–Kier alpha value is -0.930. The fourth-order valence-electron chi connectivity index (χ4n) is 3.07. The number of benzene rings is 1. The molecule has 2 unspecified atom stereocenters. The highest BCUT2D eigenvalue weighted by atomic mass is 19.1. The van der Waals surface area contributed by atoms with Crippen molar-refractivity contribution < 1.29 is 4.39 Å². The van der Waals surface area contributed by atoms with E-state index in [9.17, 15) is 4.39 Å². The van der Waals surface area contributed by atoms with Gasteiger partial charge in [-0.25, -0.2) is 4.39 Å². The van der Waals surface area contributed by atoms with Gasteiger partial charge in [-0.05, 0) is 36.5 Å². The Morgan fingerprint density at radius 1 is 1.37 bits per heavy atom. The second-order valence-corrected chi connectivity index (χ2v) is 5.83. The number of likely N-dealkylation sites (tertiary alicyclic amines) is 1. The lowest BCUT2D eigenvalue weighted by atomic mass is 9.90. The zero-order chi connectivity index (χ0) is 13.7. The molecule has 3 heteroatoms. The molecule has 1 aromatic carbocycles. The van der Waals surface area contributed by atoms with Crippen LogP contribution in [0.1, 0.15) is 38.2 Å². The number of piperidine rings is 1. The second-order valence-electron chi connectivity index (χ2n) is 5.83. The molecule has 106 valence electrons. The van der Waals surface area contributed by atoms with Crippen LogP contribution in [0, 0.1) is 11.7 Å². The molecular weight excluding hydrogens is 239 g/mol. The third kappa shape index (κ3) is 4.59. The lowest BCUT2D eigenvalue weighted by molar-refractivity contribution is 0.143. The van der Waals surface area contributed by atoms with Gasteiger partial charge in [-0.3, -0.25) is 4.90 Å². The summed E-state index contributed by atoms with van der Waals surface area (Å²) in [6, 6.07) is 7.16. The molecule has 19 heavy (non-hydrogen) atoms. The first-order valence-corrected chi connectivity index (χ1v) is 7.39. The van der Waals surface area contributed by atoms with Crippen molar-refractivity contribution in [2.24, 2.45) is 11.7 Å². The Labute approximate surface area is 115 Å². The highest BCUT2D eigenvalue weighted by Gasteiger charge is 2.24. The number of nitrogens with two attached hydrogens (primary N) is 1. The van der Waals surface area contributed by atoms with E-state index < -0.39 is 0 Å². The third-order valence-corrected chi connectivity index (χ3v) is 3.91. The summed E-state index contributed by atoms with van der Waals surface area (Å²) in [5, 5.41) is 0. The zero-order valence-corrected chi connectivity index (χ0v) is 11.8. The summed E-state index contributed by atoms with van der Waals surface area (Å²) in [5.41, 5.74) is 7.20. The predicted molar refractivity (Wildman–Crippen MR) is 77.3 cm³/mol. The number of hydrogen-bond donors (Lipinski definition) is 1. The average molecular weight is 264 g/mol. The summed E-state index contributed by atoms with van der Waals surface area (Å²) in [4.78, 5) is 2.38. The SMILES string of the molecule is CCCCC1CC(N)CN(Cc2cccc(F)c2)C1. The van der Waals surface area contributed by atoms with Crippen LogP contribution in [0.5, 0.6) is 0 Å². The summed E-state index contributed by atoms with van der Waals surface area (Å²) in [6.45, 7) is 5.07. The van der Waals surface area contributed by atoms with Crippen LogP contribution in [0.2, 0.25) is 0 Å². The molecule has 0 spiro atoms. The molecule has 1 fully saturated rings. The zero-order valence-electron chi connectivity index (χ0n) is 11.8. The van der Waals surface area contributed by atoms with Crippen LogP contribution in [0.4, 0.5) is 4.39 Å². The van der Waals surface area contributed by atoms with Crippen molar-refractivity contribution in [1.82, 2.24) is 4.90 Å². The van der Waals surface area contributed by atoms with Gasteiger partial charge in [-0.2, -0.15) is 0 Å². The highest BCUT2D eigenvalue weighted by Crippen LogP contribution is 2.22. The maximum Gasteiger partial charge on any atom is 0.123 e. The Morgan fingerprint density at radius 3 is 2.95 bits per heavy atom. The molecule has 2 rings (SSSR count). The van der Waals surface area contributed by atoms with Crippen molar-refractivity contribution in [1.29, 1.82) is 0 Å². The number of unbranched alkanes of at least 4 members (excludes halogenated alkanes) is 1. The molecule has 2 nitrogen and oxygen atoms in total. The van der Waals surface area contributed by atoms with Gasteiger partial charge in [0.25, 0.3) is 0 Å². The Kier molecular flexibility index (Phi) is 5.34. The van der Waals surface area contributed by atoms with E-state index >= 15 is 0 Å². The van der Waals surface area contributed by atoms with E-state index in [0.29, 0.717) is 5.92 Å². The molecule has 0 saturated carbocycles. The largest absolute Gasteiger partial charge is 0.327 e. The van der Waals surface area contributed by atoms with Crippen LogP contribution >= 0.6 is 0 Å². The van der Waals surface area contributed by atoms with Gasteiger partial charge in [0, 0.05) is 25.7 Å². The van der Waals surface area contributed by atoms with E-state index in [1.165, 1.54) is 25.3 Å². The van der Waals surface area contributed by atoms with Gasteiger partial charge in [0.2, 0.25) is 0 Å². The summed E-state index contributed by atoms with van der Waals surface area (Å²) in [6.07, 6.45) is 4.93. The van der Waals surface area contributed by atoms with Gasteiger partial charge in [-0.15, -0.1) is 0 Å². The van der Waals surface area contributed by atoms with Crippen molar-refractivity contribution in [3.63, 3.8) is 0 Å². The molecular formula is C16H25FN2. The molecule has 0 aliphatic carbocycles. The van der Waals surface area contributed by atoms with Crippen molar-refractivity contribution in [2.45, 2.75) is 45.2 Å². The second kappa shape index (κ2) is 7.01. The molecule has 1 aromatic rings. The fourth-order valence-corrected chi connectivity index (χ4v) is 3.07. The first kappa shape index (κ1) is 14.5. The van der Waals surface area contributed by atoms with Gasteiger partial charge < -0.3 is 5.73 Å². The van der Waals surface area contributed by atoms with Crippen LogP contribution < -0.4 is 5.73 Å². The van der Waals surface area contributed by atoms with Crippen LogP contribution in [0.3, 0.4) is 0 Å². The van der Waals surface area contributed by atoms with Gasteiger partial charge in [0.05, 0.1) is 0 Å². The van der Waals surface area contributed by atoms with Crippen LogP contribution in [-0.2, 0) is 6.54 Å². The van der Waals surface area contributed by atoms with Gasteiger partial charge in [0.15, 0.2) is 0 Å². The minimum atomic E-state index is -0.152. The third-order valence-electron chi connectivity index (χ3n) is 3.91. The van der Waals surface area contributed by atoms with Crippen LogP contribution in [-0.4, -0.2) is 24.0 Å². The fraction of sp³-hybridized carbons (Fsp3) is 0.625. The Balaban J connectivity index is 1.92. The van der Waals surface area contributed by atoms with Crippen molar-refractivity contribution in [3.05, 3.63) is 35.6 Å². The van der Waals surface area contributed by atoms with Gasteiger partial charge in [0.1, 0.15) is 5.82 Å². The Bertz CT molecular complexity index is 394. The molecule has 0 amide bonds. The van der Waals surface area contributed by atoms with E-state index in [1.54, 1.807) is 12.1 Å². The minimum Gasteiger partial charge on any atom is -0.327 e. The average Bonchev–Trinajstić information content (AvgIpc) is 2.35. The molecule has 2 N–H and O–H groups in total. The summed E-state index contributed by atoms with van der Waals surface area (Å²) >= 11 is 0. The molecule has 0 bridgehead atoms. The van der Waals surface area contributed by atoms with E-state index in [-0.39, 0.29) is 11.9 Å².